The Bertz CT molecular complexity index is 955. The van der Waals surface area contributed by atoms with Gasteiger partial charge in [0, 0.05) is 13.0 Å². The minimum absolute atomic E-state index is 0.0140. The molecule has 0 saturated carbocycles. The molecule has 2 heterocycles. The maximum absolute atomic E-state index is 13.0. The second kappa shape index (κ2) is 9.17. The fourth-order valence-electron chi connectivity index (χ4n) is 2.72. The first-order valence-electron chi connectivity index (χ1n) is 8.80. The predicted octanol–water partition coefficient (Wildman–Crippen LogP) is 4.45. The van der Waals surface area contributed by atoms with Gasteiger partial charge in [0.05, 0.1) is 24.2 Å². The van der Waals surface area contributed by atoms with Gasteiger partial charge in [-0.2, -0.15) is 13.2 Å². The minimum atomic E-state index is -4.44. The number of rotatable bonds is 8. The lowest BCUT2D eigenvalue weighted by Gasteiger charge is -2.12. The van der Waals surface area contributed by atoms with Crippen LogP contribution in [0.15, 0.2) is 52.2 Å². The lowest BCUT2D eigenvalue weighted by atomic mass is 10.0. The zero-order chi connectivity index (χ0) is 20.9. The summed E-state index contributed by atoms with van der Waals surface area (Å²) < 4.78 is 51.2. The van der Waals surface area contributed by atoms with Crippen LogP contribution in [0.1, 0.15) is 18.1 Å². The summed E-state index contributed by atoms with van der Waals surface area (Å²) in [6.45, 7) is 2.36. The highest BCUT2D eigenvalue weighted by atomic mass is 32.2. The molecule has 0 radical (unpaired) electrons. The number of alkyl halides is 3. The SMILES string of the molecule is CCn1c(SCC(=O)OCCc2ccccc2C(F)(F)F)nnc1-c1ccco1. The molecular formula is C19H18F3N3O3S. The second-order valence-corrected chi connectivity index (χ2v) is 6.88. The number of esters is 1. The molecule has 0 saturated heterocycles. The molecule has 6 nitrogen and oxygen atoms in total. The summed E-state index contributed by atoms with van der Waals surface area (Å²) in [6.07, 6.45) is -2.92. The molecular weight excluding hydrogens is 407 g/mol. The number of thioether (sulfide) groups is 1. The van der Waals surface area contributed by atoms with Crippen molar-refractivity contribution < 1.29 is 27.1 Å². The van der Waals surface area contributed by atoms with Crippen molar-refractivity contribution in [2.75, 3.05) is 12.4 Å². The molecule has 0 unspecified atom stereocenters. The van der Waals surface area contributed by atoms with Gasteiger partial charge in [-0.15, -0.1) is 10.2 Å². The van der Waals surface area contributed by atoms with E-state index in [2.05, 4.69) is 10.2 Å². The number of aromatic nitrogens is 3. The molecule has 0 aliphatic carbocycles. The summed E-state index contributed by atoms with van der Waals surface area (Å²) in [4.78, 5) is 12.0. The van der Waals surface area contributed by atoms with Gasteiger partial charge in [-0.05, 0) is 30.7 Å². The maximum Gasteiger partial charge on any atom is 0.416 e. The summed E-state index contributed by atoms with van der Waals surface area (Å²) in [5.41, 5.74) is -0.624. The van der Waals surface area contributed by atoms with E-state index in [4.69, 9.17) is 9.15 Å². The number of carbonyl (C=O) groups excluding carboxylic acids is 1. The van der Waals surface area contributed by atoms with Crippen molar-refractivity contribution in [1.29, 1.82) is 0 Å². The van der Waals surface area contributed by atoms with E-state index in [0.29, 0.717) is 23.3 Å². The van der Waals surface area contributed by atoms with E-state index in [-0.39, 0.29) is 24.3 Å². The summed E-state index contributed by atoms with van der Waals surface area (Å²) in [7, 11) is 0. The first-order valence-corrected chi connectivity index (χ1v) is 9.79. The van der Waals surface area contributed by atoms with E-state index < -0.39 is 17.7 Å². The Morgan fingerprint density at radius 2 is 2.00 bits per heavy atom. The van der Waals surface area contributed by atoms with Crippen LogP contribution in [0.4, 0.5) is 13.2 Å². The largest absolute Gasteiger partial charge is 0.465 e. The first-order chi connectivity index (χ1) is 13.9. The Hall–Kier alpha value is -2.75. The molecule has 154 valence electrons. The number of furan rings is 1. The Morgan fingerprint density at radius 1 is 1.21 bits per heavy atom. The summed E-state index contributed by atoms with van der Waals surface area (Å²) in [6, 6.07) is 8.75. The van der Waals surface area contributed by atoms with Crippen molar-refractivity contribution >= 4 is 17.7 Å². The van der Waals surface area contributed by atoms with E-state index >= 15 is 0 Å². The van der Waals surface area contributed by atoms with Gasteiger partial charge in [0.1, 0.15) is 0 Å². The van der Waals surface area contributed by atoms with Gasteiger partial charge in [0.2, 0.25) is 0 Å². The molecule has 0 amide bonds. The van der Waals surface area contributed by atoms with Gasteiger partial charge in [0.15, 0.2) is 16.7 Å². The fourth-order valence-corrected chi connectivity index (χ4v) is 3.52. The van der Waals surface area contributed by atoms with Gasteiger partial charge >= 0.3 is 12.1 Å². The molecule has 2 aromatic heterocycles. The van der Waals surface area contributed by atoms with Crippen molar-refractivity contribution in [2.24, 2.45) is 0 Å². The van der Waals surface area contributed by atoms with Crippen molar-refractivity contribution in [3.8, 4) is 11.6 Å². The van der Waals surface area contributed by atoms with Crippen LogP contribution in [0.3, 0.4) is 0 Å². The molecule has 0 aliphatic heterocycles. The number of ether oxygens (including phenoxy) is 1. The molecule has 0 atom stereocenters. The van der Waals surface area contributed by atoms with Gasteiger partial charge in [-0.25, -0.2) is 0 Å². The summed E-state index contributed by atoms with van der Waals surface area (Å²) in [5, 5.41) is 8.67. The first kappa shape index (κ1) is 21.0. The number of carbonyl (C=O) groups is 1. The van der Waals surface area contributed by atoms with Crippen LogP contribution in [0.5, 0.6) is 0 Å². The number of hydrogen-bond acceptors (Lipinski definition) is 6. The number of hydrogen-bond donors (Lipinski definition) is 0. The second-order valence-electron chi connectivity index (χ2n) is 5.94. The molecule has 3 rings (SSSR count). The summed E-state index contributed by atoms with van der Waals surface area (Å²) >= 11 is 1.14. The van der Waals surface area contributed by atoms with Crippen LogP contribution in [0.2, 0.25) is 0 Å². The molecule has 0 bridgehead atoms. The molecule has 10 heteroatoms. The average molecular weight is 425 g/mol. The van der Waals surface area contributed by atoms with E-state index in [1.54, 1.807) is 16.7 Å². The third kappa shape index (κ3) is 5.20. The topological polar surface area (TPSA) is 70.2 Å². The van der Waals surface area contributed by atoms with Gasteiger partial charge in [-0.3, -0.25) is 9.36 Å². The molecule has 0 aliphatic rings. The average Bonchev–Trinajstić information content (AvgIpc) is 3.35. The van der Waals surface area contributed by atoms with E-state index in [1.165, 1.54) is 24.5 Å². The highest BCUT2D eigenvalue weighted by Gasteiger charge is 2.32. The predicted molar refractivity (Wildman–Crippen MR) is 100 cm³/mol. The standard InChI is InChI=1S/C19H18F3N3O3S/c1-2-25-17(15-8-5-10-27-15)23-24-18(25)29-12-16(26)28-11-9-13-6-3-4-7-14(13)19(20,21)22/h3-8,10H,2,9,11-12H2,1H3. The van der Waals surface area contributed by atoms with Crippen LogP contribution >= 0.6 is 11.8 Å². The van der Waals surface area contributed by atoms with Crippen LogP contribution in [0.25, 0.3) is 11.6 Å². The lowest BCUT2D eigenvalue weighted by molar-refractivity contribution is -0.140. The van der Waals surface area contributed by atoms with Crippen LogP contribution in [0, 0.1) is 0 Å². The quantitative estimate of drug-likeness (QED) is 0.392. The van der Waals surface area contributed by atoms with Gasteiger partial charge in [0.25, 0.3) is 0 Å². The Balaban J connectivity index is 1.53. The molecule has 1 aromatic carbocycles. The number of nitrogens with zero attached hydrogens (tertiary/aromatic N) is 3. The maximum atomic E-state index is 13.0. The highest BCUT2D eigenvalue weighted by molar-refractivity contribution is 7.99. The van der Waals surface area contributed by atoms with Crippen molar-refractivity contribution in [3.63, 3.8) is 0 Å². The van der Waals surface area contributed by atoms with Crippen LogP contribution < -0.4 is 0 Å². The lowest BCUT2D eigenvalue weighted by Crippen LogP contribution is -2.14. The molecule has 0 spiro atoms. The number of halogens is 3. The van der Waals surface area contributed by atoms with Gasteiger partial charge < -0.3 is 9.15 Å². The zero-order valence-electron chi connectivity index (χ0n) is 15.5. The Morgan fingerprint density at radius 3 is 2.69 bits per heavy atom. The van der Waals surface area contributed by atoms with E-state index in [1.807, 2.05) is 6.92 Å². The van der Waals surface area contributed by atoms with Gasteiger partial charge in [-0.1, -0.05) is 30.0 Å². The molecule has 29 heavy (non-hydrogen) atoms. The molecule has 0 fully saturated rings. The smallest absolute Gasteiger partial charge is 0.416 e. The van der Waals surface area contributed by atoms with Crippen molar-refractivity contribution in [1.82, 2.24) is 14.8 Å². The van der Waals surface area contributed by atoms with Crippen LogP contribution in [-0.2, 0) is 28.7 Å². The summed E-state index contributed by atoms with van der Waals surface area (Å²) in [5.74, 6) is 0.552. The highest BCUT2D eigenvalue weighted by Crippen LogP contribution is 2.32. The van der Waals surface area contributed by atoms with E-state index in [0.717, 1.165) is 17.8 Å². The van der Waals surface area contributed by atoms with Crippen molar-refractivity contribution in [3.05, 3.63) is 53.8 Å². The zero-order valence-corrected chi connectivity index (χ0v) is 16.3. The fraction of sp³-hybridized carbons (Fsp3) is 0.316. The Labute approximate surface area is 169 Å². The van der Waals surface area contributed by atoms with Crippen LogP contribution in [-0.4, -0.2) is 33.1 Å². The number of benzene rings is 1. The minimum Gasteiger partial charge on any atom is -0.465 e. The van der Waals surface area contributed by atoms with E-state index in [9.17, 15) is 18.0 Å². The normalized spacial score (nSPS) is 11.6. The Kier molecular flexibility index (Phi) is 6.63. The molecule has 0 N–H and O–H groups in total. The third-order valence-electron chi connectivity index (χ3n) is 4.05. The molecule has 3 aromatic rings. The van der Waals surface area contributed by atoms with Crippen molar-refractivity contribution in [2.45, 2.75) is 31.2 Å². The monoisotopic (exact) mass is 425 g/mol. The third-order valence-corrected chi connectivity index (χ3v) is 4.99.